The molecule has 4 unspecified atom stereocenters. The molecule has 1 saturated carbocycles. The van der Waals surface area contributed by atoms with Crippen LogP contribution in [0.15, 0.2) is 0 Å². The first-order chi connectivity index (χ1) is 9.04. The molecule has 1 saturated heterocycles. The zero-order chi connectivity index (χ0) is 14.0. The van der Waals surface area contributed by atoms with Gasteiger partial charge in [0.25, 0.3) is 0 Å². The lowest BCUT2D eigenvalue weighted by molar-refractivity contribution is -0.142. The molecule has 5 heteroatoms. The number of carboxylic acids is 1. The van der Waals surface area contributed by atoms with Crippen molar-refractivity contribution in [3.05, 3.63) is 0 Å². The Labute approximate surface area is 114 Å². The molecule has 19 heavy (non-hydrogen) atoms. The van der Waals surface area contributed by atoms with E-state index in [0.29, 0.717) is 12.5 Å². The monoisotopic (exact) mass is 268 g/mol. The Balaban J connectivity index is 2.02. The molecule has 0 aromatic rings. The fourth-order valence-electron chi connectivity index (χ4n) is 3.63. The first kappa shape index (κ1) is 14.2. The molecule has 0 aromatic heterocycles. The number of carbonyl (C=O) groups is 2. The van der Waals surface area contributed by atoms with Crippen LogP contribution in [0.5, 0.6) is 0 Å². The third kappa shape index (κ3) is 2.85. The molecule has 0 aromatic carbocycles. The third-order valence-electron chi connectivity index (χ3n) is 4.50. The number of amides is 2. The van der Waals surface area contributed by atoms with Gasteiger partial charge in [-0.1, -0.05) is 19.8 Å². The topological polar surface area (TPSA) is 69.6 Å². The van der Waals surface area contributed by atoms with Crippen LogP contribution >= 0.6 is 0 Å². The van der Waals surface area contributed by atoms with Crippen LogP contribution in [0.2, 0.25) is 0 Å². The summed E-state index contributed by atoms with van der Waals surface area (Å²) in [6, 6.07) is -0.725. The number of carboxylic acid groups (broad SMARTS) is 1. The average molecular weight is 268 g/mol. The molecule has 2 N–H and O–H groups in total. The summed E-state index contributed by atoms with van der Waals surface area (Å²) in [5.41, 5.74) is 0. The summed E-state index contributed by atoms with van der Waals surface area (Å²) in [5.74, 6) is -0.314. The summed E-state index contributed by atoms with van der Waals surface area (Å²) in [4.78, 5) is 25.2. The maximum absolute atomic E-state index is 12.2. The van der Waals surface area contributed by atoms with E-state index in [0.717, 1.165) is 32.1 Å². The van der Waals surface area contributed by atoms with Crippen LogP contribution in [0.25, 0.3) is 0 Å². The lowest BCUT2D eigenvalue weighted by atomic mass is 9.94. The van der Waals surface area contributed by atoms with Gasteiger partial charge in [0.2, 0.25) is 0 Å². The minimum Gasteiger partial charge on any atom is -0.480 e. The number of hydrogen-bond acceptors (Lipinski definition) is 2. The van der Waals surface area contributed by atoms with Gasteiger partial charge in [-0.3, -0.25) is 0 Å². The van der Waals surface area contributed by atoms with Gasteiger partial charge in [0, 0.05) is 12.6 Å². The minimum atomic E-state index is -0.854. The second-order valence-corrected chi connectivity index (χ2v) is 5.93. The molecule has 1 aliphatic heterocycles. The molecule has 0 radical (unpaired) electrons. The highest BCUT2D eigenvalue weighted by molar-refractivity contribution is 5.84. The molecule has 2 aliphatic rings. The summed E-state index contributed by atoms with van der Waals surface area (Å²) in [5, 5.41) is 12.3. The van der Waals surface area contributed by atoms with Crippen LogP contribution in [-0.4, -0.2) is 40.6 Å². The van der Waals surface area contributed by atoms with Crippen molar-refractivity contribution in [2.75, 3.05) is 6.54 Å². The van der Waals surface area contributed by atoms with Crippen LogP contribution < -0.4 is 5.32 Å². The number of aliphatic carboxylic acids is 1. The number of likely N-dealkylation sites (tertiary alicyclic amines) is 1. The van der Waals surface area contributed by atoms with Gasteiger partial charge in [-0.2, -0.15) is 0 Å². The maximum Gasteiger partial charge on any atom is 0.326 e. The number of urea groups is 1. The Morgan fingerprint density at radius 3 is 2.79 bits per heavy atom. The van der Waals surface area contributed by atoms with Gasteiger partial charge in [0.15, 0.2) is 0 Å². The Hall–Kier alpha value is -1.26. The van der Waals surface area contributed by atoms with Crippen LogP contribution in [0.1, 0.15) is 46.0 Å². The number of rotatable bonds is 4. The fraction of sp³-hybridized carbons (Fsp3) is 0.857. The van der Waals surface area contributed by atoms with E-state index in [9.17, 15) is 14.7 Å². The van der Waals surface area contributed by atoms with E-state index >= 15 is 0 Å². The molecule has 2 rings (SSSR count). The summed E-state index contributed by atoms with van der Waals surface area (Å²) < 4.78 is 0. The highest BCUT2D eigenvalue weighted by Gasteiger charge is 2.49. The van der Waals surface area contributed by atoms with Crippen LogP contribution in [-0.2, 0) is 4.79 Å². The molecule has 2 amide bonds. The number of carbonyl (C=O) groups excluding carboxylic acids is 1. The molecular formula is C14H24N2O3. The Morgan fingerprint density at radius 1 is 1.42 bits per heavy atom. The maximum atomic E-state index is 12.2. The second kappa shape index (κ2) is 5.80. The fourth-order valence-corrected chi connectivity index (χ4v) is 3.63. The van der Waals surface area contributed by atoms with E-state index < -0.39 is 12.0 Å². The van der Waals surface area contributed by atoms with Crippen molar-refractivity contribution < 1.29 is 14.7 Å². The normalized spacial score (nSPS) is 31.1. The molecule has 4 atom stereocenters. The molecule has 0 spiro atoms. The minimum absolute atomic E-state index is 0.104. The van der Waals surface area contributed by atoms with Gasteiger partial charge in [-0.15, -0.1) is 0 Å². The first-order valence-electron chi connectivity index (χ1n) is 7.34. The SMILES string of the molecule is CCCC(C)NC(=O)N1CC2CCCC2C1C(=O)O. The van der Waals surface area contributed by atoms with Crippen molar-refractivity contribution in [2.45, 2.75) is 58.0 Å². The largest absolute Gasteiger partial charge is 0.480 e. The van der Waals surface area contributed by atoms with Gasteiger partial charge in [-0.25, -0.2) is 9.59 Å². The van der Waals surface area contributed by atoms with Gasteiger partial charge in [0.1, 0.15) is 6.04 Å². The number of nitrogens with one attached hydrogen (secondary N) is 1. The molecule has 0 bridgehead atoms. The molecule has 2 fully saturated rings. The number of hydrogen-bond donors (Lipinski definition) is 2. The van der Waals surface area contributed by atoms with E-state index in [-0.39, 0.29) is 18.0 Å². The quantitative estimate of drug-likeness (QED) is 0.820. The lowest BCUT2D eigenvalue weighted by Gasteiger charge is -2.26. The van der Waals surface area contributed by atoms with E-state index in [1.54, 1.807) is 4.90 Å². The Bertz CT molecular complexity index is 359. The summed E-state index contributed by atoms with van der Waals surface area (Å²) in [7, 11) is 0. The highest BCUT2D eigenvalue weighted by atomic mass is 16.4. The lowest BCUT2D eigenvalue weighted by Crippen LogP contribution is -2.50. The average Bonchev–Trinajstić information content (AvgIpc) is 2.86. The molecular weight excluding hydrogens is 244 g/mol. The third-order valence-corrected chi connectivity index (χ3v) is 4.50. The van der Waals surface area contributed by atoms with Crippen molar-refractivity contribution >= 4 is 12.0 Å². The predicted molar refractivity (Wildman–Crippen MR) is 71.9 cm³/mol. The number of fused-ring (bicyclic) bond motifs is 1. The first-order valence-corrected chi connectivity index (χ1v) is 7.34. The Kier molecular flexibility index (Phi) is 4.32. The number of nitrogens with zero attached hydrogens (tertiary/aromatic N) is 1. The smallest absolute Gasteiger partial charge is 0.326 e. The van der Waals surface area contributed by atoms with Crippen LogP contribution in [0, 0.1) is 11.8 Å². The summed E-state index contributed by atoms with van der Waals surface area (Å²) in [6.07, 6.45) is 5.03. The van der Waals surface area contributed by atoms with Gasteiger partial charge in [0.05, 0.1) is 0 Å². The molecule has 5 nitrogen and oxygen atoms in total. The van der Waals surface area contributed by atoms with E-state index in [2.05, 4.69) is 12.2 Å². The summed E-state index contributed by atoms with van der Waals surface area (Å²) in [6.45, 7) is 4.64. The van der Waals surface area contributed by atoms with Gasteiger partial charge < -0.3 is 15.3 Å². The van der Waals surface area contributed by atoms with Crippen LogP contribution in [0.4, 0.5) is 4.79 Å². The van der Waals surface area contributed by atoms with Gasteiger partial charge >= 0.3 is 12.0 Å². The highest BCUT2D eigenvalue weighted by Crippen LogP contribution is 2.42. The summed E-state index contributed by atoms with van der Waals surface area (Å²) >= 11 is 0. The molecule has 1 heterocycles. The van der Waals surface area contributed by atoms with Crippen molar-refractivity contribution in [1.82, 2.24) is 10.2 Å². The van der Waals surface area contributed by atoms with E-state index in [1.165, 1.54) is 0 Å². The van der Waals surface area contributed by atoms with Crippen LogP contribution in [0.3, 0.4) is 0 Å². The zero-order valence-electron chi connectivity index (χ0n) is 11.8. The van der Waals surface area contributed by atoms with Crippen molar-refractivity contribution in [1.29, 1.82) is 0 Å². The zero-order valence-corrected chi connectivity index (χ0v) is 11.8. The predicted octanol–water partition coefficient (Wildman–Crippen LogP) is 2.07. The van der Waals surface area contributed by atoms with Crippen molar-refractivity contribution in [3.8, 4) is 0 Å². The van der Waals surface area contributed by atoms with E-state index in [4.69, 9.17) is 0 Å². The standard InChI is InChI=1S/C14H24N2O3/c1-3-5-9(2)15-14(19)16-8-10-6-4-7-11(10)12(16)13(17)18/h9-12H,3-8H2,1-2H3,(H,15,19)(H,17,18). The van der Waals surface area contributed by atoms with Crippen molar-refractivity contribution in [3.63, 3.8) is 0 Å². The molecule has 108 valence electrons. The molecule has 1 aliphatic carbocycles. The van der Waals surface area contributed by atoms with E-state index in [1.807, 2.05) is 6.92 Å². The van der Waals surface area contributed by atoms with Gasteiger partial charge in [-0.05, 0) is 38.0 Å². The second-order valence-electron chi connectivity index (χ2n) is 5.93. The Morgan fingerprint density at radius 2 is 2.16 bits per heavy atom. The van der Waals surface area contributed by atoms with Crippen molar-refractivity contribution in [2.24, 2.45) is 11.8 Å².